The van der Waals surface area contributed by atoms with Gasteiger partial charge in [0.15, 0.2) is 6.10 Å². The fraction of sp³-hybridized carbons (Fsp3) is 0.710. The second-order valence-electron chi connectivity index (χ2n) is 20.3. The average Bonchev–Trinajstić information content (AvgIpc) is 3.34. The highest BCUT2D eigenvalue weighted by Crippen LogP contribution is 2.43. The third kappa shape index (κ3) is 56.2. The second-order valence-corrected chi connectivity index (χ2v) is 21.7. The summed E-state index contributed by atoms with van der Waals surface area (Å²) >= 11 is 0. The molecule has 0 amide bonds. The minimum Gasteiger partial charge on any atom is -0.462 e. The highest BCUT2D eigenvalue weighted by molar-refractivity contribution is 7.47. The maximum atomic E-state index is 12.8. The zero-order chi connectivity index (χ0) is 52.7. The Morgan fingerprint density at radius 1 is 0.444 bits per heavy atom. The number of phosphoric acid groups is 1. The molecule has 0 saturated carbocycles. The largest absolute Gasteiger partial charge is 0.472 e. The Labute approximate surface area is 443 Å². The maximum absolute atomic E-state index is 12.8. The van der Waals surface area contributed by atoms with Crippen LogP contribution in [0.3, 0.4) is 0 Å². The lowest BCUT2D eigenvalue weighted by Crippen LogP contribution is -2.37. The molecule has 9 nitrogen and oxygen atoms in total. The van der Waals surface area contributed by atoms with Gasteiger partial charge in [-0.3, -0.25) is 18.6 Å². The van der Waals surface area contributed by atoms with Crippen LogP contribution in [0.1, 0.15) is 232 Å². The van der Waals surface area contributed by atoms with Crippen molar-refractivity contribution in [3.63, 3.8) is 0 Å². The Bertz CT molecular complexity index is 1540. The van der Waals surface area contributed by atoms with Gasteiger partial charge in [0, 0.05) is 12.8 Å². The molecule has 0 rings (SSSR count). The summed E-state index contributed by atoms with van der Waals surface area (Å²) in [6.45, 7) is 4.29. The number of nitrogens with zero attached hydrogens (tertiary/aromatic N) is 1. The Morgan fingerprint density at radius 2 is 0.792 bits per heavy atom. The van der Waals surface area contributed by atoms with Gasteiger partial charge in [-0.2, -0.15) is 0 Å². The van der Waals surface area contributed by atoms with Crippen molar-refractivity contribution in [2.45, 2.75) is 238 Å². The fourth-order valence-electron chi connectivity index (χ4n) is 7.64. The number of hydrogen-bond donors (Lipinski definition) is 1. The van der Waals surface area contributed by atoms with Crippen LogP contribution in [-0.4, -0.2) is 74.9 Å². The Morgan fingerprint density at radius 3 is 1.18 bits per heavy atom. The van der Waals surface area contributed by atoms with Gasteiger partial charge < -0.3 is 18.9 Å². The third-order valence-corrected chi connectivity index (χ3v) is 13.1. The van der Waals surface area contributed by atoms with Crippen molar-refractivity contribution < 1.29 is 42.1 Å². The van der Waals surface area contributed by atoms with Crippen molar-refractivity contribution >= 4 is 19.8 Å². The Balaban J connectivity index is 4.23. The lowest BCUT2D eigenvalue weighted by molar-refractivity contribution is -0.870. The van der Waals surface area contributed by atoms with Gasteiger partial charge in [-0.25, -0.2) is 4.57 Å². The summed E-state index contributed by atoms with van der Waals surface area (Å²) in [6.07, 6.45) is 71.8. The molecule has 414 valence electrons. The van der Waals surface area contributed by atoms with E-state index in [0.717, 1.165) is 103 Å². The quantitative estimate of drug-likeness (QED) is 0.0211. The van der Waals surface area contributed by atoms with Gasteiger partial charge in [0.05, 0.1) is 27.7 Å². The van der Waals surface area contributed by atoms with Gasteiger partial charge in [-0.05, 0) is 96.3 Å². The number of rotatable bonds is 52. The predicted octanol–water partition coefficient (Wildman–Crippen LogP) is 18.0. The summed E-state index contributed by atoms with van der Waals surface area (Å²) in [6, 6.07) is 0. The molecule has 72 heavy (non-hydrogen) atoms. The van der Waals surface area contributed by atoms with Crippen molar-refractivity contribution in [2.24, 2.45) is 0 Å². The van der Waals surface area contributed by atoms with Crippen molar-refractivity contribution in [1.82, 2.24) is 0 Å². The van der Waals surface area contributed by atoms with Crippen LogP contribution >= 0.6 is 7.82 Å². The third-order valence-electron chi connectivity index (χ3n) is 12.1. The van der Waals surface area contributed by atoms with E-state index in [1.807, 2.05) is 21.1 Å². The first-order valence-electron chi connectivity index (χ1n) is 29.0. The summed E-state index contributed by atoms with van der Waals surface area (Å²) in [4.78, 5) is 35.7. The minimum atomic E-state index is -4.40. The summed E-state index contributed by atoms with van der Waals surface area (Å²) in [5.74, 6) is -0.816. The number of hydrogen-bond acceptors (Lipinski definition) is 7. The molecule has 10 heteroatoms. The molecule has 0 aliphatic heterocycles. The van der Waals surface area contributed by atoms with Crippen LogP contribution in [0.5, 0.6) is 0 Å². The number of allylic oxidation sites excluding steroid dienone is 16. The number of unbranched alkanes of at least 4 members (excludes halogenated alkanes) is 22. The van der Waals surface area contributed by atoms with E-state index < -0.39 is 26.5 Å². The molecule has 0 aromatic carbocycles. The highest BCUT2D eigenvalue weighted by atomic mass is 31.2. The monoisotopic (exact) mass is 1030 g/mol. The van der Waals surface area contributed by atoms with E-state index in [-0.39, 0.29) is 32.0 Å². The van der Waals surface area contributed by atoms with Gasteiger partial charge in [0.25, 0.3) is 0 Å². The molecule has 0 bridgehead atoms. The van der Waals surface area contributed by atoms with E-state index in [0.29, 0.717) is 17.4 Å². The number of likely N-dealkylation sites (N-methyl/N-ethyl adjacent to an activating group) is 1. The second kappa shape index (κ2) is 52.8. The molecule has 0 aliphatic rings. The number of quaternary nitrogens is 1. The number of carbonyl (C=O) groups is 2. The van der Waals surface area contributed by atoms with Crippen molar-refractivity contribution in [2.75, 3.05) is 47.5 Å². The van der Waals surface area contributed by atoms with Crippen LogP contribution in [0.2, 0.25) is 0 Å². The molecule has 0 heterocycles. The summed E-state index contributed by atoms with van der Waals surface area (Å²) < 4.78 is 34.6. The number of carbonyl (C=O) groups excluding carboxylic acids is 2. The molecule has 0 aromatic heterocycles. The lowest BCUT2D eigenvalue weighted by Gasteiger charge is -2.24. The van der Waals surface area contributed by atoms with E-state index in [4.69, 9.17) is 18.5 Å². The smallest absolute Gasteiger partial charge is 0.462 e. The first-order chi connectivity index (χ1) is 35.0. The van der Waals surface area contributed by atoms with Gasteiger partial charge in [-0.15, -0.1) is 0 Å². The maximum Gasteiger partial charge on any atom is 0.472 e. The van der Waals surface area contributed by atoms with Gasteiger partial charge >= 0.3 is 19.8 Å². The number of ether oxygens (including phenoxy) is 2. The molecule has 1 N–H and O–H groups in total. The number of esters is 2. The topological polar surface area (TPSA) is 108 Å². The summed E-state index contributed by atoms with van der Waals surface area (Å²) in [5, 5.41) is 0. The number of phosphoric ester groups is 1. The van der Waals surface area contributed by atoms with Crippen molar-refractivity contribution in [3.05, 3.63) is 97.2 Å². The molecule has 0 aromatic rings. The normalized spacial score (nSPS) is 14.0. The van der Waals surface area contributed by atoms with Gasteiger partial charge in [0.1, 0.15) is 19.8 Å². The zero-order valence-corrected chi connectivity index (χ0v) is 47.8. The van der Waals surface area contributed by atoms with Crippen LogP contribution in [0, 0.1) is 0 Å². The van der Waals surface area contributed by atoms with E-state index in [1.54, 1.807) is 0 Å². The van der Waals surface area contributed by atoms with Crippen LogP contribution in [0.4, 0.5) is 0 Å². The Kier molecular flexibility index (Phi) is 50.5. The first-order valence-corrected chi connectivity index (χ1v) is 30.5. The molecule has 0 aliphatic carbocycles. The highest BCUT2D eigenvalue weighted by Gasteiger charge is 2.27. The molecule has 0 fully saturated rings. The predicted molar refractivity (Wildman–Crippen MR) is 307 cm³/mol. The molecule has 2 unspecified atom stereocenters. The molecule has 2 atom stereocenters. The average molecular weight is 1030 g/mol. The minimum absolute atomic E-state index is 0.0242. The SMILES string of the molecule is CC/C=C\C/C=C\C/C=C\C/C=C\C/C=C\CCCCCCCCCCCC(=O)OC(COC(=O)CCCCCCCCCC/C=C\C/C=C\C/C=C\CCCCCCC)COP(=O)(O)OCC[N+](C)(C)C. The first kappa shape index (κ1) is 68.9. The van der Waals surface area contributed by atoms with Crippen LogP contribution < -0.4 is 0 Å². The van der Waals surface area contributed by atoms with E-state index in [9.17, 15) is 19.0 Å². The van der Waals surface area contributed by atoms with Crippen LogP contribution in [-0.2, 0) is 32.7 Å². The molecule has 0 radical (unpaired) electrons. The van der Waals surface area contributed by atoms with Crippen molar-refractivity contribution in [1.29, 1.82) is 0 Å². The Hall–Kier alpha value is -3.07. The molecular formula is C62H109NO8P+. The molecule has 0 saturated heterocycles. The van der Waals surface area contributed by atoms with Crippen LogP contribution in [0.15, 0.2) is 97.2 Å². The van der Waals surface area contributed by atoms with Crippen LogP contribution in [0.25, 0.3) is 0 Å². The van der Waals surface area contributed by atoms with Gasteiger partial charge in [0.2, 0.25) is 0 Å². The van der Waals surface area contributed by atoms with Gasteiger partial charge in [-0.1, -0.05) is 220 Å². The molecule has 0 spiro atoms. The fourth-order valence-corrected chi connectivity index (χ4v) is 8.38. The van der Waals surface area contributed by atoms with Crippen molar-refractivity contribution in [3.8, 4) is 0 Å². The standard InChI is InChI=1S/C62H108NO8P/c1-6-8-10-12-14-16-18-20-22-24-26-28-30-31-33-35-37-39-41-43-45-47-49-51-53-55-62(65)71-60(59-70-72(66,67)69-57-56-63(3,4)5)58-68-61(64)54-52-50-48-46-44-42-40-38-36-34-32-29-27-25-23-21-19-17-15-13-11-9-7-2/h8,10,14,16,19-22,25-28,31-34,60H,6-7,9,11-13,15,17-18,23-24,29-30,35-59H2,1-5H3/p+1/b10-8-,16-14-,21-19-,22-20-,27-25-,28-26-,33-31-,34-32-. The zero-order valence-electron chi connectivity index (χ0n) is 46.9. The van der Waals surface area contributed by atoms with E-state index in [2.05, 4.69) is 111 Å². The summed E-state index contributed by atoms with van der Waals surface area (Å²) in [7, 11) is 1.46. The van der Waals surface area contributed by atoms with E-state index in [1.165, 1.54) is 96.3 Å². The lowest BCUT2D eigenvalue weighted by atomic mass is 10.1. The van der Waals surface area contributed by atoms with E-state index >= 15 is 0 Å². The summed E-state index contributed by atoms with van der Waals surface area (Å²) in [5.41, 5.74) is 0. The molecular weight excluding hydrogens is 918 g/mol.